The van der Waals surface area contributed by atoms with Crippen LogP contribution in [-0.2, 0) is 4.79 Å². The summed E-state index contributed by atoms with van der Waals surface area (Å²) >= 11 is 0.593. The molecule has 26 heavy (non-hydrogen) atoms. The highest BCUT2D eigenvalue weighted by Crippen LogP contribution is 2.32. The zero-order chi connectivity index (χ0) is 19.5. The Hall–Kier alpha value is -2.10. The Kier molecular flexibility index (Phi) is 6.27. The second-order valence-electron chi connectivity index (χ2n) is 5.51. The Morgan fingerprint density at radius 3 is 2.62 bits per heavy atom. The van der Waals surface area contributed by atoms with Crippen LogP contribution >= 0.6 is 11.8 Å². The van der Waals surface area contributed by atoms with E-state index in [1.54, 1.807) is 13.8 Å². The van der Waals surface area contributed by atoms with Crippen LogP contribution in [0.25, 0.3) is 5.69 Å². The number of thioether (sulfide) groups is 1. The summed E-state index contributed by atoms with van der Waals surface area (Å²) in [7, 11) is 0. The first kappa shape index (κ1) is 20.2. The van der Waals surface area contributed by atoms with Crippen LogP contribution in [0.4, 0.5) is 23.2 Å². The molecule has 0 aliphatic heterocycles. The number of carbonyl (C=O) groups is 1. The maximum Gasteiger partial charge on any atom is 0.401 e. The van der Waals surface area contributed by atoms with Gasteiger partial charge in [0.05, 0.1) is 35.7 Å². The van der Waals surface area contributed by atoms with E-state index in [9.17, 15) is 22.4 Å². The molecular weight excluding hydrogens is 372 g/mol. The third-order valence-corrected chi connectivity index (χ3v) is 4.75. The van der Waals surface area contributed by atoms with Crippen molar-refractivity contribution in [3.8, 4) is 5.69 Å². The van der Waals surface area contributed by atoms with Gasteiger partial charge in [0.2, 0.25) is 5.91 Å². The Bertz CT molecular complexity index is 778. The minimum atomic E-state index is -4.46. The number of carbonyl (C=O) groups excluding carboxylic acids is 1. The molecule has 0 spiro atoms. The van der Waals surface area contributed by atoms with Crippen LogP contribution in [0.2, 0.25) is 0 Å². The molecule has 1 unspecified atom stereocenters. The molecule has 0 saturated heterocycles. The molecule has 0 fully saturated rings. The molecule has 2 rings (SSSR count). The van der Waals surface area contributed by atoms with Gasteiger partial charge in [-0.15, -0.1) is 0 Å². The Labute approximate surface area is 152 Å². The summed E-state index contributed by atoms with van der Waals surface area (Å²) in [6.07, 6.45) is 0.121. The molecule has 142 valence electrons. The maximum atomic E-state index is 13.3. The first-order chi connectivity index (χ1) is 12.2. The summed E-state index contributed by atoms with van der Waals surface area (Å²) in [6, 6.07) is 1.22. The lowest BCUT2D eigenvalue weighted by Crippen LogP contribution is -2.37. The average molecular weight is 390 g/mol. The number of halogens is 4. The number of alkyl halides is 3. The lowest BCUT2D eigenvalue weighted by atomic mass is 10.2. The summed E-state index contributed by atoms with van der Waals surface area (Å²) in [4.78, 5) is 17.4. The van der Waals surface area contributed by atoms with Crippen molar-refractivity contribution >= 4 is 23.4 Å². The average Bonchev–Trinajstić information content (AvgIpc) is 2.94. The summed E-state index contributed by atoms with van der Waals surface area (Å²) in [5, 5.41) is 2.44. The SMILES string of the molecule is CCN(C(=O)CC(SC)C(F)(F)F)c1cn(-c2cncc(F)c2)nc1C. The highest BCUT2D eigenvalue weighted by atomic mass is 32.2. The minimum Gasteiger partial charge on any atom is -0.310 e. The molecular formula is C16H18F4N4OS. The number of rotatable bonds is 6. The number of pyridine rings is 1. The van der Waals surface area contributed by atoms with Gasteiger partial charge in [0.1, 0.15) is 11.1 Å². The molecule has 2 heterocycles. The topological polar surface area (TPSA) is 51.0 Å². The van der Waals surface area contributed by atoms with Crippen LogP contribution in [0, 0.1) is 12.7 Å². The van der Waals surface area contributed by atoms with Crippen LogP contribution < -0.4 is 4.90 Å². The highest BCUT2D eigenvalue weighted by Gasteiger charge is 2.41. The summed E-state index contributed by atoms with van der Waals surface area (Å²) in [6.45, 7) is 3.48. The molecule has 0 radical (unpaired) electrons. The maximum absolute atomic E-state index is 13.3. The van der Waals surface area contributed by atoms with E-state index < -0.39 is 29.6 Å². The van der Waals surface area contributed by atoms with Crippen LogP contribution in [0.1, 0.15) is 19.0 Å². The van der Waals surface area contributed by atoms with Crippen molar-refractivity contribution in [1.29, 1.82) is 0 Å². The van der Waals surface area contributed by atoms with E-state index in [-0.39, 0.29) is 6.54 Å². The van der Waals surface area contributed by atoms with Gasteiger partial charge in [-0.2, -0.15) is 30.0 Å². The number of aryl methyl sites for hydroxylation is 1. The van der Waals surface area contributed by atoms with Crippen molar-refractivity contribution in [2.45, 2.75) is 31.7 Å². The predicted octanol–water partition coefficient (Wildman–Crippen LogP) is 3.75. The molecule has 2 aromatic rings. The molecule has 2 aromatic heterocycles. The van der Waals surface area contributed by atoms with Crippen molar-refractivity contribution in [1.82, 2.24) is 14.8 Å². The second kappa shape index (κ2) is 8.07. The van der Waals surface area contributed by atoms with Crippen molar-refractivity contribution in [3.63, 3.8) is 0 Å². The smallest absolute Gasteiger partial charge is 0.310 e. The molecule has 0 aromatic carbocycles. The molecule has 1 atom stereocenters. The monoisotopic (exact) mass is 390 g/mol. The van der Waals surface area contributed by atoms with Gasteiger partial charge in [-0.05, 0) is 20.1 Å². The van der Waals surface area contributed by atoms with Crippen molar-refractivity contribution in [3.05, 3.63) is 36.2 Å². The van der Waals surface area contributed by atoms with E-state index in [4.69, 9.17) is 0 Å². The zero-order valence-corrected chi connectivity index (χ0v) is 15.2. The number of nitrogens with zero attached hydrogens (tertiary/aromatic N) is 4. The van der Waals surface area contributed by atoms with Gasteiger partial charge in [0.25, 0.3) is 0 Å². The number of hydrogen-bond donors (Lipinski definition) is 0. The molecule has 1 amide bonds. The standard InChI is InChI=1S/C16H18F4N4OS/c1-4-23(15(25)6-14(26-3)16(18,19)20)13-9-24(22-10(13)2)12-5-11(17)7-21-8-12/h5,7-9,14H,4,6H2,1-3H3. The third-order valence-electron chi connectivity index (χ3n) is 3.75. The summed E-state index contributed by atoms with van der Waals surface area (Å²) in [5.74, 6) is -1.20. The first-order valence-corrected chi connectivity index (χ1v) is 9.03. The van der Waals surface area contributed by atoms with Gasteiger partial charge in [-0.3, -0.25) is 9.78 Å². The van der Waals surface area contributed by atoms with Crippen LogP contribution in [0.5, 0.6) is 0 Å². The highest BCUT2D eigenvalue weighted by molar-refractivity contribution is 7.99. The van der Waals surface area contributed by atoms with Gasteiger partial charge in [0, 0.05) is 19.0 Å². The molecule has 10 heteroatoms. The van der Waals surface area contributed by atoms with Gasteiger partial charge in [0.15, 0.2) is 0 Å². The van der Waals surface area contributed by atoms with Gasteiger partial charge < -0.3 is 4.90 Å². The van der Waals surface area contributed by atoms with E-state index >= 15 is 0 Å². The lowest BCUT2D eigenvalue weighted by Gasteiger charge is -2.24. The quantitative estimate of drug-likeness (QED) is 0.705. The summed E-state index contributed by atoms with van der Waals surface area (Å²) < 4.78 is 53.5. The number of hydrogen-bond acceptors (Lipinski definition) is 4. The Balaban J connectivity index is 2.28. The Morgan fingerprint density at radius 2 is 2.08 bits per heavy atom. The number of aromatic nitrogens is 3. The molecule has 0 N–H and O–H groups in total. The predicted molar refractivity (Wildman–Crippen MR) is 92.1 cm³/mol. The van der Waals surface area contributed by atoms with Crippen molar-refractivity contribution in [2.75, 3.05) is 17.7 Å². The Morgan fingerprint density at radius 1 is 1.38 bits per heavy atom. The lowest BCUT2D eigenvalue weighted by molar-refractivity contribution is -0.138. The van der Waals surface area contributed by atoms with Crippen LogP contribution in [0.15, 0.2) is 24.7 Å². The fraction of sp³-hybridized carbons (Fsp3) is 0.438. The van der Waals surface area contributed by atoms with E-state index in [2.05, 4.69) is 10.1 Å². The number of anilines is 1. The molecule has 0 aliphatic carbocycles. The molecule has 0 bridgehead atoms. The first-order valence-electron chi connectivity index (χ1n) is 7.74. The molecule has 0 saturated carbocycles. The van der Waals surface area contributed by atoms with Crippen molar-refractivity contribution in [2.24, 2.45) is 0 Å². The van der Waals surface area contributed by atoms with E-state index in [0.717, 1.165) is 6.20 Å². The van der Waals surface area contributed by atoms with E-state index in [1.165, 1.54) is 34.3 Å². The molecule has 0 aliphatic rings. The van der Waals surface area contributed by atoms with E-state index in [0.29, 0.717) is 28.8 Å². The molecule has 5 nitrogen and oxygen atoms in total. The minimum absolute atomic E-state index is 0.186. The largest absolute Gasteiger partial charge is 0.401 e. The van der Waals surface area contributed by atoms with Crippen LogP contribution in [0.3, 0.4) is 0 Å². The third kappa shape index (κ3) is 4.54. The normalized spacial score (nSPS) is 12.9. The zero-order valence-electron chi connectivity index (χ0n) is 14.4. The fourth-order valence-electron chi connectivity index (χ4n) is 2.46. The van der Waals surface area contributed by atoms with Gasteiger partial charge in [-0.25, -0.2) is 9.07 Å². The number of amides is 1. The van der Waals surface area contributed by atoms with Crippen molar-refractivity contribution < 1.29 is 22.4 Å². The second-order valence-corrected chi connectivity index (χ2v) is 6.55. The van der Waals surface area contributed by atoms with Crippen LogP contribution in [-0.4, -0.2) is 44.9 Å². The van der Waals surface area contributed by atoms with E-state index in [1.807, 2.05) is 0 Å². The van der Waals surface area contributed by atoms with Gasteiger partial charge in [-0.1, -0.05) is 0 Å². The van der Waals surface area contributed by atoms with Gasteiger partial charge >= 0.3 is 6.18 Å². The fourth-order valence-corrected chi connectivity index (χ4v) is 3.03. The summed E-state index contributed by atoms with van der Waals surface area (Å²) in [5.41, 5.74) is 1.17.